The first-order chi connectivity index (χ1) is 28.0. The molecule has 1 aliphatic heterocycles. The van der Waals surface area contributed by atoms with Crippen LogP contribution in [0.3, 0.4) is 0 Å². The molecule has 2 unspecified atom stereocenters. The van der Waals surface area contributed by atoms with Crippen LogP contribution in [0, 0.1) is 0 Å². The molecule has 0 radical (unpaired) electrons. The van der Waals surface area contributed by atoms with E-state index in [0.717, 1.165) is 19.9 Å². The van der Waals surface area contributed by atoms with Crippen LogP contribution in [0.25, 0.3) is 21.7 Å². The summed E-state index contributed by atoms with van der Waals surface area (Å²) in [6.07, 6.45) is 0.659. The second kappa shape index (κ2) is 16.0. The van der Waals surface area contributed by atoms with Crippen molar-refractivity contribution in [1.29, 1.82) is 0 Å². The van der Waals surface area contributed by atoms with Gasteiger partial charge in [0.25, 0.3) is 21.6 Å². The first-order valence-corrected chi connectivity index (χ1v) is 19.3. The number of ketones is 1. The molecule has 18 nitrogen and oxygen atoms in total. The topological polar surface area (TPSA) is 263 Å². The van der Waals surface area contributed by atoms with Crippen molar-refractivity contribution in [3.63, 3.8) is 0 Å². The molecule has 19 heteroatoms. The molecular weight excluding hydrogens is 785 g/mol. The summed E-state index contributed by atoms with van der Waals surface area (Å²) in [7, 11) is -3.89. The van der Waals surface area contributed by atoms with Gasteiger partial charge < -0.3 is 14.8 Å². The number of benzene rings is 4. The maximum atomic E-state index is 15.2. The lowest BCUT2D eigenvalue weighted by Gasteiger charge is -2.44. The number of sulfonamides is 1. The lowest BCUT2D eigenvalue weighted by Crippen LogP contribution is -2.77. The van der Waals surface area contributed by atoms with Crippen LogP contribution in [0.2, 0.25) is 0 Å². The third-order valence-electron chi connectivity index (χ3n) is 9.53. The Morgan fingerprint density at radius 2 is 1.66 bits per heavy atom. The monoisotopic (exact) mass is 822 g/mol. The number of carbonyl (C=O) groups excluding carboxylic acids is 6. The van der Waals surface area contributed by atoms with Crippen LogP contribution < -0.4 is 27.1 Å². The second-order valence-corrected chi connectivity index (χ2v) is 15.0. The normalized spacial score (nSPS) is 16.5. The molecule has 2 atom stereocenters. The van der Waals surface area contributed by atoms with E-state index in [1.807, 2.05) is 0 Å². The largest absolute Gasteiger partial charge is 0.463 e. The molecule has 0 aliphatic carbocycles. The highest BCUT2D eigenvalue weighted by molar-refractivity contribution is 7.90. The Kier molecular flexibility index (Phi) is 11.3. The Balaban J connectivity index is 1.42. The number of rotatable bonds is 11. The molecule has 4 amide bonds. The number of hydrazone groups is 1. The van der Waals surface area contributed by atoms with E-state index in [0.29, 0.717) is 26.9 Å². The zero-order valence-corrected chi connectivity index (χ0v) is 32.9. The summed E-state index contributed by atoms with van der Waals surface area (Å²) in [5.41, 5.74) is 10.9. The maximum absolute atomic E-state index is 15.2. The third kappa shape index (κ3) is 7.33. The minimum atomic E-state index is -5.09. The fourth-order valence-corrected chi connectivity index (χ4v) is 8.61. The predicted molar refractivity (Wildman–Crippen MR) is 214 cm³/mol. The number of ether oxygens (including phenoxy) is 2. The Morgan fingerprint density at radius 3 is 2.32 bits per heavy atom. The molecule has 0 spiro atoms. The maximum Gasteiger partial charge on any atom is 0.427 e. The van der Waals surface area contributed by atoms with E-state index < -0.39 is 61.8 Å². The molecule has 0 fully saturated rings. The fourth-order valence-electron chi connectivity index (χ4n) is 6.82. The number of aromatic nitrogens is 1. The van der Waals surface area contributed by atoms with Crippen molar-refractivity contribution in [2.75, 3.05) is 18.6 Å². The van der Waals surface area contributed by atoms with Crippen LogP contribution in [0.1, 0.15) is 47.8 Å². The van der Waals surface area contributed by atoms with Gasteiger partial charge in [-0.3, -0.25) is 35.5 Å². The van der Waals surface area contributed by atoms with E-state index in [1.165, 1.54) is 50.6 Å². The Labute approximate surface area is 337 Å². The number of nitrogens with one attached hydrogen (secondary N) is 2. The molecule has 5 aromatic rings. The summed E-state index contributed by atoms with van der Waals surface area (Å²) in [6, 6.07) is 22.6. The first-order valence-electron chi connectivity index (χ1n) is 17.8. The Morgan fingerprint density at radius 1 is 0.949 bits per heavy atom. The number of fused-ring (bicyclic) bond motifs is 2. The fraction of sp³-hybridized carbons (Fsp3) is 0.200. The van der Waals surface area contributed by atoms with E-state index in [9.17, 15) is 32.4 Å². The van der Waals surface area contributed by atoms with E-state index in [-0.39, 0.29) is 45.2 Å². The molecule has 59 heavy (non-hydrogen) atoms. The van der Waals surface area contributed by atoms with Crippen molar-refractivity contribution in [3.05, 3.63) is 113 Å². The molecular formula is C40H38N8O10S. The Hall–Kier alpha value is -7.09. The molecule has 4 aromatic carbocycles. The highest BCUT2D eigenvalue weighted by atomic mass is 32.2. The number of pyridine rings is 1. The summed E-state index contributed by atoms with van der Waals surface area (Å²) < 4.78 is 39.0. The van der Waals surface area contributed by atoms with Crippen molar-refractivity contribution in [2.45, 2.75) is 43.5 Å². The standard InChI is InChI=1S/C40H38N8O10S/c1-5-58-37(53)40(42,47(23(2)49)34-19-14-27-8-6-7-9-32(27)45-34)36(52)39(41)28-15-16-29-30(17-18-33(31(29)20-28)59(55,56)48(39)24(3)50)35(51)43-21-25-10-12-26(13-11-25)22-44-46-38(54)57-4/h6-20,22H,5,21,41-42H2,1-4H3,(H,43,51)(H,46,54)/b44-22+. The van der Waals surface area contributed by atoms with Gasteiger partial charge in [0.1, 0.15) is 5.82 Å². The number of anilines is 1. The number of nitrogens with two attached hydrogens (primary N) is 2. The molecule has 6 N–H and O–H groups in total. The predicted octanol–water partition coefficient (Wildman–Crippen LogP) is 2.51. The van der Waals surface area contributed by atoms with E-state index in [2.05, 4.69) is 25.6 Å². The van der Waals surface area contributed by atoms with Gasteiger partial charge in [-0.25, -0.2) is 32.7 Å². The van der Waals surface area contributed by atoms with Crippen LogP contribution >= 0.6 is 0 Å². The van der Waals surface area contributed by atoms with Crippen molar-refractivity contribution in [3.8, 4) is 0 Å². The van der Waals surface area contributed by atoms with Gasteiger partial charge in [0, 0.05) is 42.3 Å². The van der Waals surface area contributed by atoms with Gasteiger partial charge in [-0.2, -0.15) is 5.10 Å². The summed E-state index contributed by atoms with van der Waals surface area (Å²) in [5.74, 6) is -6.18. The molecule has 0 saturated carbocycles. The van der Waals surface area contributed by atoms with Crippen molar-refractivity contribution < 1.29 is 46.7 Å². The van der Waals surface area contributed by atoms with Gasteiger partial charge in [0.15, 0.2) is 5.66 Å². The van der Waals surface area contributed by atoms with Crippen molar-refractivity contribution in [2.24, 2.45) is 16.6 Å². The molecule has 2 heterocycles. The number of carbonyl (C=O) groups is 6. The smallest absolute Gasteiger partial charge is 0.427 e. The molecule has 304 valence electrons. The Bertz CT molecular complexity index is 2710. The van der Waals surface area contributed by atoms with Crippen LogP contribution in [0.4, 0.5) is 10.6 Å². The van der Waals surface area contributed by atoms with Crippen LogP contribution in [0.15, 0.2) is 101 Å². The summed E-state index contributed by atoms with van der Waals surface area (Å²) >= 11 is 0. The van der Waals surface area contributed by atoms with Crippen molar-refractivity contribution >= 4 is 79.3 Å². The van der Waals surface area contributed by atoms with E-state index in [4.69, 9.17) is 16.2 Å². The minimum Gasteiger partial charge on any atom is -0.463 e. The van der Waals surface area contributed by atoms with Crippen LogP contribution in [-0.2, 0) is 50.9 Å². The third-order valence-corrected chi connectivity index (χ3v) is 11.5. The SMILES string of the molecule is CCOC(=O)C(N)(C(=O)C1(N)c2ccc3c(C(=O)NCc4ccc(/C=N/NC(=O)OC)cc4)ccc(c3c2)S(=O)(=O)N1C(C)=O)N(C(C)=O)c1ccc2ccccc2n1. The number of para-hydroxylation sites is 1. The van der Waals surface area contributed by atoms with Gasteiger partial charge in [0.2, 0.25) is 17.6 Å². The van der Waals surface area contributed by atoms with Crippen LogP contribution in [0.5, 0.6) is 0 Å². The molecule has 0 saturated heterocycles. The lowest BCUT2D eigenvalue weighted by molar-refractivity contribution is -0.159. The average Bonchev–Trinajstić information content (AvgIpc) is 3.28. The lowest BCUT2D eigenvalue weighted by atomic mass is 9.85. The van der Waals surface area contributed by atoms with Gasteiger partial charge in [0.05, 0.1) is 30.3 Å². The van der Waals surface area contributed by atoms with E-state index in [1.54, 1.807) is 54.6 Å². The number of hydrogen-bond acceptors (Lipinski definition) is 14. The highest BCUT2D eigenvalue weighted by Gasteiger charge is 2.64. The number of amides is 4. The summed E-state index contributed by atoms with van der Waals surface area (Å²) in [4.78, 5) is 85.7. The van der Waals surface area contributed by atoms with Gasteiger partial charge in [-0.05, 0) is 59.8 Å². The first kappa shape index (κ1) is 41.5. The second-order valence-electron chi connectivity index (χ2n) is 13.2. The summed E-state index contributed by atoms with van der Waals surface area (Å²) in [5, 5.41) is 7.23. The van der Waals surface area contributed by atoms with Crippen LogP contribution in [-0.4, -0.2) is 78.9 Å². The van der Waals surface area contributed by atoms with Gasteiger partial charge in [-0.1, -0.05) is 54.6 Å². The average molecular weight is 823 g/mol. The van der Waals surface area contributed by atoms with Crippen molar-refractivity contribution in [1.82, 2.24) is 20.0 Å². The quantitative estimate of drug-likeness (QED) is 0.0491. The van der Waals surface area contributed by atoms with Gasteiger partial charge >= 0.3 is 12.1 Å². The minimum absolute atomic E-state index is 0.0400. The molecule has 6 rings (SSSR count). The van der Waals surface area contributed by atoms with Gasteiger partial charge in [-0.15, -0.1) is 0 Å². The molecule has 1 aromatic heterocycles. The van der Waals surface area contributed by atoms with E-state index >= 15 is 4.79 Å². The number of Topliss-reactive ketones (excluding diaryl/α,β-unsaturated/α-hetero) is 1. The zero-order valence-electron chi connectivity index (χ0n) is 32.1. The summed E-state index contributed by atoms with van der Waals surface area (Å²) in [6.45, 7) is 3.01. The number of nitrogens with zero attached hydrogens (tertiary/aromatic N) is 4. The zero-order chi connectivity index (χ0) is 42.9. The molecule has 2 bridgehead atoms. The number of esters is 1. The molecule has 1 aliphatic rings. The highest BCUT2D eigenvalue weighted by Crippen LogP contribution is 2.42. The number of methoxy groups -OCH3 is 1. The number of hydrogen-bond donors (Lipinski definition) is 4.